The highest BCUT2D eigenvalue weighted by Gasteiger charge is 2.12. The first-order chi connectivity index (χ1) is 12.5. The maximum atomic E-state index is 12.1. The summed E-state index contributed by atoms with van der Waals surface area (Å²) < 4.78 is 24.3. The molecule has 0 amide bonds. The summed E-state index contributed by atoms with van der Waals surface area (Å²) in [6.07, 6.45) is 8.74. The quantitative estimate of drug-likeness (QED) is 0.231. The van der Waals surface area contributed by atoms with E-state index in [1.807, 2.05) is 18.2 Å². The van der Waals surface area contributed by atoms with Crippen molar-refractivity contribution in [2.45, 2.75) is 65.2 Å². The Balaban J connectivity index is 2.50. The number of rotatable bonds is 13. The molecule has 0 aromatic heterocycles. The van der Waals surface area contributed by atoms with Crippen LogP contribution in [-0.4, -0.2) is 30.8 Å². The standard InChI is InChI=1S/C19H31N3O3S/c1-3-4-5-6-7-8-9-13-16-26(24,25)22-20-19(17(2)21-23)18-14-11-10-12-15-18/h10-12,14-15,22-23H,3-9,13,16H2,1-2H3. The van der Waals surface area contributed by atoms with E-state index in [-0.39, 0.29) is 11.5 Å². The Hall–Kier alpha value is -1.89. The molecule has 0 fully saturated rings. The third kappa shape index (κ3) is 8.99. The molecular weight excluding hydrogens is 350 g/mol. The molecule has 0 atom stereocenters. The second-order valence-electron chi connectivity index (χ2n) is 6.40. The van der Waals surface area contributed by atoms with E-state index in [4.69, 9.17) is 5.21 Å². The molecule has 0 aliphatic carbocycles. The number of hydrogen-bond acceptors (Lipinski definition) is 5. The van der Waals surface area contributed by atoms with Crippen molar-refractivity contribution >= 4 is 21.4 Å². The number of hydrogen-bond donors (Lipinski definition) is 2. The number of hydrazone groups is 1. The number of oxime groups is 1. The number of sulfonamides is 1. The number of nitrogens with zero attached hydrogens (tertiary/aromatic N) is 2. The summed E-state index contributed by atoms with van der Waals surface area (Å²) in [6, 6.07) is 9.02. The molecule has 7 heteroatoms. The maximum absolute atomic E-state index is 12.1. The first-order valence-electron chi connectivity index (χ1n) is 9.31. The topological polar surface area (TPSA) is 91.1 Å². The Morgan fingerprint density at radius 1 is 1.00 bits per heavy atom. The molecule has 0 heterocycles. The minimum Gasteiger partial charge on any atom is -0.411 e. The van der Waals surface area contributed by atoms with Gasteiger partial charge in [0.1, 0.15) is 11.4 Å². The highest BCUT2D eigenvalue weighted by molar-refractivity contribution is 7.89. The SMILES string of the molecule is CCCCCCCCCCS(=O)(=O)NN=C(C(C)=NO)c1ccccc1. The van der Waals surface area contributed by atoms with Crippen LogP contribution in [0.5, 0.6) is 0 Å². The Labute approximate surface area is 157 Å². The maximum Gasteiger partial charge on any atom is 0.247 e. The average molecular weight is 382 g/mol. The highest BCUT2D eigenvalue weighted by Crippen LogP contribution is 2.09. The minimum atomic E-state index is -3.50. The van der Waals surface area contributed by atoms with Gasteiger partial charge < -0.3 is 5.21 Å². The summed E-state index contributed by atoms with van der Waals surface area (Å²) >= 11 is 0. The van der Waals surface area contributed by atoms with Gasteiger partial charge in [0.25, 0.3) is 0 Å². The van der Waals surface area contributed by atoms with Crippen LogP contribution in [0.3, 0.4) is 0 Å². The summed E-state index contributed by atoms with van der Waals surface area (Å²) in [5.74, 6) is 0.0445. The van der Waals surface area contributed by atoms with Gasteiger partial charge in [0.05, 0.1) is 5.75 Å². The van der Waals surface area contributed by atoms with Crippen LogP contribution in [0.25, 0.3) is 0 Å². The van der Waals surface area contributed by atoms with Gasteiger partial charge in [-0.2, -0.15) is 5.10 Å². The highest BCUT2D eigenvalue weighted by atomic mass is 32.2. The van der Waals surface area contributed by atoms with Crippen molar-refractivity contribution in [2.75, 3.05) is 5.75 Å². The molecule has 0 unspecified atom stereocenters. The van der Waals surface area contributed by atoms with Gasteiger partial charge in [-0.3, -0.25) is 0 Å². The molecule has 0 spiro atoms. The van der Waals surface area contributed by atoms with E-state index in [0.29, 0.717) is 17.7 Å². The van der Waals surface area contributed by atoms with Gasteiger partial charge in [-0.1, -0.05) is 87.4 Å². The number of unbranched alkanes of at least 4 members (excludes halogenated alkanes) is 7. The van der Waals surface area contributed by atoms with E-state index in [1.54, 1.807) is 19.1 Å². The smallest absolute Gasteiger partial charge is 0.247 e. The largest absolute Gasteiger partial charge is 0.411 e. The Kier molecular flexibility index (Phi) is 10.6. The predicted molar refractivity (Wildman–Crippen MR) is 107 cm³/mol. The van der Waals surface area contributed by atoms with Crippen molar-refractivity contribution in [2.24, 2.45) is 10.3 Å². The fraction of sp³-hybridized carbons (Fsp3) is 0.579. The van der Waals surface area contributed by atoms with Crippen molar-refractivity contribution in [1.82, 2.24) is 4.83 Å². The summed E-state index contributed by atoms with van der Waals surface area (Å²) in [5, 5.41) is 16.1. The molecule has 0 aliphatic rings. The summed E-state index contributed by atoms with van der Waals surface area (Å²) in [7, 11) is -3.50. The first kappa shape index (κ1) is 22.2. The van der Waals surface area contributed by atoms with Crippen LogP contribution in [0.15, 0.2) is 40.6 Å². The summed E-state index contributed by atoms with van der Waals surface area (Å²) in [5.41, 5.74) is 1.22. The van der Waals surface area contributed by atoms with Crippen molar-refractivity contribution in [3.05, 3.63) is 35.9 Å². The fourth-order valence-corrected chi connectivity index (χ4v) is 3.49. The molecular formula is C19H31N3O3S. The second kappa shape index (κ2) is 12.5. The molecule has 26 heavy (non-hydrogen) atoms. The summed E-state index contributed by atoms with van der Waals surface area (Å²) in [4.78, 5) is 2.26. The van der Waals surface area contributed by atoms with Gasteiger partial charge in [-0.25, -0.2) is 13.2 Å². The molecule has 0 bridgehead atoms. The zero-order valence-corrected chi connectivity index (χ0v) is 16.6. The van der Waals surface area contributed by atoms with Crippen LogP contribution in [0.4, 0.5) is 0 Å². The van der Waals surface area contributed by atoms with E-state index >= 15 is 0 Å². The zero-order chi connectivity index (χ0) is 19.3. The van der Waals surface area contributed by atoms with Gasteiger partial charge in [0, 0.05) is 5.56 Å². The second-order valence-corrected chi connectivity index (χ2v) is 8.22. The fourth-order valence-electron chi connectivity index (χ4n) is 2.58. The molecule has 1 aromatic rings. The molecule has 1 aromatic carbocycles. The Bertz CT molecular complexity index is 671. The van der Waals surface area contributed by atoms with Crippen LogP contribution in [0.1, 0.15) is 70.8 Å². The van der Waals surface area contributed by atoms with Crippen LogP contribution < -0.4 is 4.83 Å². The van der Waals surface area contributed by atoms with E-state index in [2.05, 4.69) is 22.0 Å². The monoisotopic (exact) mass is 381 g/mol. The van der Waals surface area contributed by atoms with Gasteiger partial charge in [0.15, 0.2) is 0 Å². The third-order valence-electron chi connectivity index (χ3n) is 4.10. The molecule has 2 N–H and O–H groups in total. The van der Waals surface area contributed by atoms with E-state index in [1.165, 1.54) is 25.7 Å². The van der Waals surface area contributed by atoms with Crippen LogP contribution >= 0.6 is 0 Å². The first-order valence-corrected chi connectivity index (χ1v) is 11.0. The van der Waals surface area contributed by atoms with Gasteiger partial charge >= 0.3 is 0 Å². The van der Waals surface area contributed by atoms with E-state index < -0.39 is 10.0 Å². The molecule has 0 saturated carbocycles. The predicted octanol–water partition coefficient (Wildman–Crippen LogP) is 4.30. The molecule has 1 rings (SSSR count). The van der Waals surface area contributed by atoms with Crippen molar-refractivity contribution in [1.29, 1.82) is 0 Å². The number of benzene rings is 1. The molecule has 0 radical (unpaired) electrons. The minimum absolute atomic E-state index is 0.0445. The van der Waals surface area contributed by atoms with Crippen LogP contribution in [-0.2, 0) is 10.0 Å². The lowest BCUT2D eigenvalue weighted by Crippen LogP contribution is -2.25. The lowest BCUT2D eigenvalue weighted by atomic mass is 10.1. The normalized spacial score (nSPS) is 13.0. The molecule has 146 valence electrons. The van der Waals surface area contributed by atoms with Gasteiger partial charge in [0.2, 0.25) is 10.0 Å². The lowest BCUT2D eigenvalue weighted by Gasteiger charge is -2.08. The van der Waals surface area contributed by atoms with Gasteiger partial charge in [-0.05, 0) is 13.3 Å². The molecule has 6 nitrogen and oxygen atoms in total. The van der Waals surface area contributed by atoms with Crippen LogP contribution in [0.2, 0.25) is 0 Å². The zero-order valence-electron chi connectivity index (χ0n) is 15.8. The van der Waals surface area contributed by atoms with E-state index in [0.717, 1.165) is 19.3 Å². The third-order valence-corrected chi connectivity index (χ3v) is 5.30. The number of nitrogens with one attached hydrogen (secondary N) is 1. The summed E-state index contributed by atoms with van der Waals surface area (Å²) in [6.45, 7) is 3.76. The van der Waals surface area contributed by atoms with Gasteiger partial charge in [-0.15, -0.1) is 0 Å². The van der Waals surface area contributed by atoms with Crippen molar-refractivity contribution in [3.63, 3.8) is 0 Å². The lowest BCUT2D eigenvalue weighted by molar-refractivity contribution is 0.320. The molecule has 0 aliphatic heterocycles. The Morgan fingerprint density at radius 3 is 2.15 bits per heavy atom. The van der Waals surface area contributed by atoms with Crippen molar-refractivity contribution in [3.8, 4) is 0 Å². The average Bonchev–Trinajstić information content (AvgIpc) is 2.64. The Morgan fingerprint density at radius 2 is 1.58 bits per heavy atom. The van der Waals surface area contributed by atoms with Crippen LogP contribution in [0, 0.1) is 0 Å². The molecule has 0 saturated heterocycles. The van der Waals surface area contributed by atoms with Crippen molar-refractivity contribution < 1.29 is 13.6 Å². The van der Waals surface area contributed by atoms with E-state index in [9.17, 15) is 8.42 Å².